The highest BCUT2D eigenvalue weighted by Crippen LogP contribution is 2.23. The molecule has 0 aliphatic rings. The predicted octanol–water partition coefficient (Wildman–Crippen LogP) is 4.26. The number of methoxy groups -OCH3 is 2. The normalized spacial score (nSPS) is 11.1. The van der Waals surface area contributed by atoms with Gasteiger partial charge in [-0.3, -0.25) is 0 Å². The summed E-state index contributed by atoms with van der Waals surface area (Å²) in [6.07, 6.45) is 3.64. The Morgan fingerprint density at radius 2 is 1.71 bits per heavy atom. The molecule has 0 atom stereocenters. The van der Waals surface area contributed by atoms with Crippen molar-refractivity contribution in [3.8, 4) is 0 Å². The maximum atomic E-state index is 5.21. The van der Waals surface area contributed by atoms with Crippen LogP contribution in [0.2, 0.25) is 0 Å². The Morgan fingerprint density at radius 3 is 2.24 bits per heavy atom. The van der Waals surface area contributed by atoms with Gasteiger partial charge in [-0.25, -0.2) is 0 Å². The molecule has 0 spiro atoms. The number of hydrogen-bond acceptors (Lipinski definition) is 3. The number of ether oxygens (including phenoxy) is 2. The van der Waals surface area contributed by atoms with Gasteiger partial charge in [-0.15, -0.1) is 11.8 Å². The maximum absolute atomic E-state index is 5.21. The van der Waals surface area contributed by atoms with Gasteiger partial charge in [-0.1, -0.05) is 31.9 Å². The van der Waals surface area contributed by atoms with Crippen LogP contribution < -0.4 is 0 Å². The van der Waals surface area contributed by atoms with E-state index in [2.05, 4.69) is 31.2 Å². The van der Waals surface area contributed by atoms with E-state index in [4.69, 9.17) is 9.47 Å². The molecule has 0 aliphatic heterocycles. The first kappa shape index (κ1) is 14.6. The van der Waals surface area contributed by atoms with E-state index >= 15 is 0 Å². The van der Waals surface area contributed by atoms with Crippen molar-refractivity contribution >= 4 is 11.8 Å². The Hall–Kier alpha value is -0.510. The lowest BCUT2D eigenvalue weighted by Crippen LogP contribution is -2.02. The molecular formula is C14H22O2S. The number of benzene rings is 1. The molecule has 0 heterocycles. The average molecular weight is 254 g/mol. The summed E-state index contributed by atoms with van der Waals surface area (Å²) in [7, 11) is 3.31. The molecule has 0 N–H and O–H groups in total. The third kappa shape index (κ3) is 5.11. The standard InChI is InChI=1S/C14H22O2S/c1-4-5-6-11-17-13-9-7-12(8-10-13)14(15-2)16-3/h7-10,14H,4-6,11H2,1-3H3. The summed E-state index contributed by atoms with van der Waals surface area (Å²) >= 11 is 1.91. The lowest BCUT2D eigenvalue weighted by molar-refractivity contribution is -0.106. The Kier molecular flexibility index (Phi) is 7.33. The zero-order valence-electron chi connectivity index (χ0n) is 10.9. The first-order valence-corrected chi connectivity index (χ1v) is 7.08. The minimum absolute atomic E-state index is 0.255. The summed E-state index contributed by atoms with van der Waals surface area (Å²) in [5.41, 5.74) is 1.06. The van der Waals surface area contributed by atoms with Crippen LogP contribution in [0.1, 0.15) is 38.0 Å². The monoisotopic (exact) mass is 254 g/mol. The third-order valence-corrected chi connectivity index (χ3v) is 3.70. The molecule has 17 heavy (non-hydrogen) atoms. The van der Waals surface area contributed by atoms with Gasteiger partial charge in [-0.2, -0.15) is 0 Å². The second kappa shape index (κ2) is 8.56. The van der Waals surface area contributed by atoms with E-state index in [9.17, 15) is 0 Å². The van der Waals surface area contributed by atoms with Gasteiger partial charge in [0.05, 0.1) is 0 Å². The van der Waals surface area contributed by atoms with Crippen LogP contribution in [0.15, 0.2) is 29.2 Å². The number of unbranched alkanes of at least 4 members (excludes halogenated alkanes) is 2. The summed E-state index contributed by atoms with van der Waals surface area (Å²) in [4.78, 5) is 1.32. The molecule has 0 radical (unpaired) electrons. The zero-order valence-corrected chi connectivity index (χ0v) is 11.8. The molecular weight excluding hydrogens is 232 g/mol. The summed E-state index contributed by atoms with van der Waals surface area (Å²) in [5.74, 6) is 1.20. The molecule has 0 saturated carbocycles. The predicted molar refractivity (Wildman–Crippen MR) is 73.5 cm³/mol. The summed E-state index contributed by atoms with van der Waals surface area (Å²) in [5, 5.41) is 0. The Labute approximate surface area is 109 Å². The number of rotatable bonds is 8. The van der Waals surface area contributed by atoms with Gasteiger partial charge in [0.15, 0.2) is 6.29 Å². The minimum Gasteiger partial charge on any atom is -0.352 e. The average Bonchev–Trinajstić information content (AvgIpc) is 2.38. The second-order valence-corrected chi connectivity index (χ2v) is 5.10. The van der Waals surface area contributed by atoms with E-state index < -0.39 is 0 Å². The van der Waals surface area contributed by atoms with Crippen molar-refractivity contribution in [3.63, 3.8) is 0 Å². The molecule has 0 bridgehead atoms. The van der Waals surface area contributed by atoms with Crippen LogP contribution in [0.25, 0.3) is 0 Å². The molecule has 0 amide bonds. The first-order valence-electron chi connectivity index (χ1n) is 6.10. The Morgan fingerprint density at radius 1 is 1.06 bits per heavy atom. The molecule has 1 rings (SSSR count). The largest absolute Gasteiger partial charge is 0.352 e. The van der Waals surface area contributed by atoms with Crippen molar-refractivity contribution in [2.45, 2.75) is 37.4 Å². The van der Waals surface area contributed by atoms with E-state index in [0.717, 1.165) is 5.56 Å². The molecule has 0 saturated heterocycles. The second-order valence-electron chi connectivity index (χ2n) is 3.93. The van der Waals surface area contributed by atoms with Crippen LogP contribution in [-0.4, -0.2) is 20.0 Å². The van der Waals surface area contributed by atoms with Gasteiger partial charge in [-0.05, 0) is 24.3 Å². The Balaban J connectivity index is 2.44. The molecule has 3 heteroatoms. The van der Waals surface area contributed by atoms with Crippen molar-refractivity contribution in [2.75, 3.05) is 20.0 Å². The molecule has 0 aliphatic carbocycles. The topological polar surface area (TPSA) is 18.5 Å². The molecule has 2 nitrogen and oxygen atoms in total. The fourth-order valence-corrected chi connectivity index (χ4v) is 2.54. The highest BCUT2D eigenvalue weighted by atomic mass is 32.2. The first-order chi connectivity index (χ1) is 8.31. The smallest absolute Gasteiger partial charge is 0.183 e. The van der Waals surface area contributed by atoms with Crippen LogP contribution in [0.5, 0.6) is 0 Å². The summed E-state index contributed by atoms with van der Waals surface area (Å²) < 4.78 is 10.4. The molecule has 96 valence electrons. The molecule has 0 unspecified atom stereocenters. The van der Waals surface area contributed by atoms with Crippen molar-refractivity contribution < 1.29 is 9.47 Å². The fourth-order valence-electron chi connectivity index (χ4n) is 1.63. The van der Waals surface area contributed by atoms with E-state index in [0.29, 0.717) is 0 Å². The quantitative estimate of drug-likeness (QED) is 0.392. The lowest BCUT2D eigenvalue weighted by Gasteiger charge is -2.13. The zero-order chi connectivity index (χ0) is 12.5. The molecule has 0 fully saturated rings. The maximum Gasteiger partial charge on any atom is 0.183 e. The summed E-state index contributed by atoms with van der Waals surface area (Å²) in [6.45, 7) is 2.23. The van der Waals surface area contributed by atoms with Gasteiger partial charge >= 0.3 is 0 Å². The van der Waals surface area contributed by atoms with Gasteiger partial charge in [0.25, 0.3) is 0 Å². The highest BCUT2D eigenvalue weighted by molar-refractivity contribution is 7.99. The highest BCUT2D eigenvalue weighted by Gasteiger charge is 2.07. The number of thioether (sulfide) groups is 1. The van der Waals surface area contributed by atoms with Crippen LogP contribution in [0, 0.1) is 0 Å². The van der Waals surface area contributed by atoms with Crippen LogP contribution in [0.4, 0.5) is 0 Å². The molecule has 1 aromatic carbocycles. The van der Waals surface area contributed by atoms with Gasteiger partial charge in [0.2, 0.25) is 0 Å². The molecule has 0 aromatic heterocycles. The third-order valence-electron chi connectivity index (χ3n) is 2.60. The minimum atomic E-state index is -0.255. The fraction of sp³-hybridized carbons (Fsp3) is 0.571. The van der Waals surface area contributed by atoms with Gasteiger partial charge < -0.3 is 9.47 Å². The van der Waals surface area contributed by atoms with E-state index in [1.165, 1.54) is 29.9 Å². The van der Waals surface area contributed by atoms with Crippen molar-refractivity contribution in [1.29, 1.82) is 0 Å². The summed E-state index contributed by atoms with van der Waals surface area (Å²) in [6, 6.07) is 8.41. The van der Waals surface area contributed by atoms with E-state index in [1.54, 1.807) is 14.2 Å². The van der Waals surface area contributed by atoms with Gasteiger partial charge in [0.1, 0.15) is 0 Å². The Bertz CT molecular complexity index is 294. The van der Waals surface area contributed by atoms with Crippen molar-refractivity contribution in [2.24, 2.45) is 0 Å². The van der Waals surface area contributed by atoms with Crippen LogP contribution >= 0.6 is 11.8 Å². The SMILES string of the molecule is CCCCCSc1ccc(C(OC)OC)cc1. The van der Waals surface area contributed by atoms with Gasteiger partial charge in [0, 0.05) is 24.7 Å². The van der Waals surface area contributed by atoms with Crippen molar-refractivity contribution in [3.05, 3.63) is 29.8 Å². The molecule has 1 aromatic rings. The number of hydrogen-bond donors (Lipinski definition) is 0. The van der Waals surface area contributed by atoms with Crippen LogP contribution in [0.3, 0.4) is 0 Å². The van der Waals surface area contributed by atoms with Crippen LogP contribution in [-0.2, 0) is 9.47 Å². The van der Waals surface area contributed by atoms with Crippen molar-refractivity contribution in [1.82, 2.24) is 0 Å². The lowest BCUT2D eigenvalue weighted by atomic mass is 10.2. The van der Waals surface area contributed by atoms with E-state index in [-0.39, 0.29) is 6.29 Å². The van der Waals surface area contributed by atoms with E-state index in [1.807, 2.05) is 11.8 Å².